The highest BCUT2D eigenvalue weighted by Crippen LogP contribution is 2.06. The van der Waals surface area contributed by atoms with Crippen molar-refractivity contribution in [2.24, 2.45) is 0 Å². The number of carbonyl (C=O) groups excluding carboxylic acids is 2. The molecule has 21 heavy (non-hydrogen) atoms. The summed E-state index contributed by atoms with van der Waals surface area (Å²) in [4.78, 5) is 27.5. The average molecular weight is 295 g/mol. The minimum absolute atomic E-state index is 0.0207. The van der Waals surface area contributed by atoms with Crippen molar-refractivity contribution < 1.29 is 23.9 Å². The molecule has 1 aromatic carbocycles. The highest BCUT2D eigenvalue weighted by Gasteiger charge is 2.16. The van der Waals surface area contributed by atoms with Crippen LogP contribution < -0.4 is 5.48 Å². The third-order valence-electron chi connectivity index (χ3n) is 2.21. The number of amides is 1. The highest BCUT2D eigenvalue weighted by molar-refractivity contribution is 5.69. The molecule has 0 aliphatic rings. The molecular formula is C15H21NO5. The second kappa shape index (κ2) is 8.26. The number of carbonyl (C=O) groups is 2. The van der Waals surface area contributed by atoms with Gasteiger partial charge in [0.1, 0.15) is 12.2 Å². The highest BCUT2D eigenvalue weighted by atomic mass is 16.7. The molecule has 0 saturated carbocycles. The molecule has 0 bridgehead atoms. The Morgan fingerprint density at radius 2 is 1.81 bits per heavy atom. The Morgan fingerprint density at radius 3 is 2.43 bits per heavy atom. The molecule has 0 atom stereocenters. The van der Waals surface area contributed by atoms with Gasteiger partial charge in [-0.15, -0.1) is 0 Å². The van der Waals surface area contributed by atoms with E-state index in [1.165, 1.54) is 0 Å². The van der Waals surface area contributed by atoms with E-state index in [-0.39, 0.29) is 19.6 Å². The minimum atomic E-state index is -0.694. The molecular weight excluding hydrogens is 274 g/mol. The minimum Gasteiger partial charge on any atom is -0.461 e. The van der Waals surface area contributed by atoms with E-state index in [0.717, 1.165) is 5.56 Å². The first-order valence-electron chi connectivity index (χ1n) is 6.67. The van der Waals surface area contributed by atoms with Crippen molar-refractivity contribution in [3.05, 3.63) is 35.9 Å². The van der Waals surface area contributed by atoms with Gasteiger partial charge in [-0.1, -0.05) is 30.3 Å². The molecule has 6 nitrogen and oxygen atoms in total. The van der Waals surface area contributed by atoms with Gasteiger partial charge < -0.3 is 9.47 Å². The van der Waals surface area contributed by atoms with Crippen LogP contribution in [0.3, 0.4) is 0 Å². The van der Waals surface area contributed by atoms with Crippen LogP contribution in [0.1, 0.15) is 32.8 Å². The van der Waals surface area contributed by atoms with Crippen LogP contribution in [-0.2, 0) is 25.7 Å². The Labute approximate surface area is 124 Å². The maximum absolute atomic E-state index is 11.4. The molecule has 0 aliphatic carbocycles. The fourth-order valence-corrected chi connectivity index (χ4v) is 1.35. The predicted molar refractivity (Wildman–Crippen MR) is 76.2 cm³/mol. The van der Waals surface area contributed by atoms with Gasteiger partial charge in [0.25, 0.3) is 0 Å². The van der Waals surface area contributed by atoms with Crippen LogP contribution in [0.25, 0.3) is 0 Å². The molecule has 1 aromatic rings. The van der Waals surface area contributed by atoms with Gasteiger partial charge in [0.05, 0.1) is 13.0 Å². The molecule has 1 rings (SSSR count). The second-order valence-corrected chi connectivity index (χ2v) is 5.35. The molecule has 1 amide bonds. The summed E-state index contributed by atoms with van der Waals surface area (Å²) in [5.74, 6) is -0.398. The van der Waals surface area contributed by atoms with E-state index in [0.29, 0.717) is 0 Å². The summed E-state index contributed by atoms with van der Waals surface area (Å²) in [6.07, 6.45) is -0.650. The van der Waals surface area contributed by atoms with Crippen LogP contribution >= 0.6 is 0 Å². The fourth-order valence-electron chi connectivity index (χ4n) is 1.35. The van der Waals surface area contributed by atoms with Gasteiger partial charge in [-0.05, 0) is 26.3 Å². The van der Waals surface area contributed by atoms with E-state index in [9.17, 15) is 9.59 Å². The smallest absolute Gasteiger partial charge is 0.431 e. The van der Waals surface area contributed by atoms with Crippen LogP contribution in [0.2, 0.25) is 0 Å². The molecule has 0 aliphatic heterocycles. The summed E-state index contributed by atoms with van der Waals surface area (Å²) in [6, 6.07) is 9.37. The summed E-state index contributed by atoms with van der Waals surface area (Å²) < 4.78 is 10.0. The molecule has 0 unspecified atom stereocenters. The summed E-state index contributed by atoms with van der Waals surface area (Å²) in [5, 5.41) is 0. The number of esters is 1. The number of hydrogen-bond donors (Lipinski definition) is 1. The van der Waals surface area contributed by atoms with Crippen molar-refractivity contribution in [3.63, 3.8) is 0 Å². The molecule has 0 spiro atoms. The molecule has 0 aromatic heterocycles. The van der Waals surface area contributed by atoms with Gasteiger partial charge in [0.15, 0.2) is 0 Å². The zero-order valence-electron chi connectivity index (χ0n) is 12.5. The van der Waals surface area contributed by atoms with Gasteiger partial charge in [-0.3, -0.25) is 9.63 Å². The zero-order valence-corrected chi connectivity index (χ0v) is 12.5. The number of hydroxylamine groups is 1. The van der Waals surface area contributed by atoms with E-state index in [1.807, 2.05) is 30.3 Å². The number of nitrogens with one attached hydrogen (secondary N) is 1. The van der Waals surface area contributed by atoms with Crippen molar-refractivity contribution in [1.82, 2.24) is 5.48 Å². The first-order chi connectivity index (χ1) is 9.87. The molecule has 116 valence electrons. The number of hydrogen-bond acceptors (Lipinski definition) is 5. The lowest BCUT2D eigenvalue weighted by Gasteiger charge is -2.19. The predicted octanol–water partition coefficient (Wildman–Crippen LogP) is 2.58. The van der Waals surface area contributed by atoms with Gasteiger partial charge in [-0.25, -0.2) is 4.79 Å². The van der Waals surface area contributed by atoms with Crippen molar-refractivity contribution in [2.75, 3.05) is 6.61 Å². The maximum atomic E-state index is 11.4. The molecule has 1 N–H and O–H groups in total. The molecule has 6 heteroatoms. The lowest BCUT2D eigenvalue weighted by Crippen LogP contribution is -2.33. The quantitative estimate of drug-likeness (QED) is 0.496. The molecule has 0 heterocycles. The Hall–Kier alpha value is -2.08. The van der Waals surface area contributed by atoms with Crippen LogP contribution in [0.15, 0.2) is 30.3 Å². The number of ether oxygens (including phenoxy) is 2. The Kier molecular flexibility index (Phi) is 6.68. The first kappa shape index (κ1) is 17.0. The van der Waals surface area contributed by atoms with E-state index in [2.05, 4.69) is 5.48 Å². The summed E-state index contributed by atoms with van der Waals surface area (Å²) in [5.41, 5.74) is 2.42. The van der Waals surface area contributed by atoms with Crippen LogP contribution in [-0.4, -0.2) is 24.3 Å². The lowest BCUT2D eigenvalue weighted by molar-refractivity contribution is -0.146. The van der Waals surface area contributed by atoms with Gasteiger partial charge in [-0.2, -0.15) is 5.48 Å². The Morgan fingerprint density at radius 1 is 1.14 bits per heavy atom. The van der Waals surface area contributed by atoms with E-state index >= 15 is 0 Å². The monoisotopic (exact) mass is 295 g/mol. The first-order valence-corrected chi connectivity index (χ1v) is 6.67. The van der Waals surface area contributed by atoms with Crippen molar-refractivity contribution in [3.8, 4) is 0 Å². The van der Waals surface area contributed by atoms with Crippen molar-refractivity contribution >= 4 is 12.1 Å². The van der Waals surface area contributed by atoms with Gasteiger partial charge in [0, 0.05) is 0 Å². The van der Waals surface area contributed by atoms with E-state index in [4.69, 9.17) is 14.3 Å². The van der Waals surface area contributed by atoms with Crippen LogP contribution in [0, 0.1) is 0 Å². The Bertz CT molecular complexity index is 453. The topological polar surface area (TPSA) is 73.9 Å². The lowest BCUT2D eigenvalue weighted by atomic mass is 10.2. The van der Waals surface area contributed by atoms with Crippen LogP contribution in [0.4, 0.5) is 4.79 Å². The summed E-state index contributed by atoms with van der Waals surface area (Å²) in [6.45, 7) is 5.47. The fraction of sp³-hybridized carbons (Fsp3) is 0.467. The van der Waals surface area contributed by atoms with Crippen molar-refractivity contribution in [2.45, 2.75) is 39.4 Å². The third-order valence-corrected chi connectivity index (χ3v) is 2.21. The van der Waals surface area contributed by atoms with Gasteiger partial charge >= 0.3 is 12.1 Å². The number of benzene rings is 1. The Balaban J connectivity index is 2.10. The molecule has 0 fully saturated rings. The molecule has 0 radical (unpaired) electrons. The SMILES string of the molecule is CC(C)(C)OC(=O)NOCCC(=O)OCc1ccccc1. The van der Waals surface area contributed by atoms with E-state index in [1.54, 1.807) is 20.8 Å². The summed E-state index contributed by atoms with van der Waals surface area (Å²) in [7, 11) is 0. The average Bonchev–Trinajstić information content (AvgIpc) is 2.40. The summed E-state index contributed by atoms with van der Waals surface area (Å²) >= 11 is 0. The molecule has 0 saturated heterocycles. The second-order valence-electron chi connectivity index (χ2n) is 5.35. The maximum Gasteiger partial charge on any atom is 0.431 e. The van der Waals surface area contributed by atoms with Crippen LogP contribution in [0.5, 0.6) is 0 Å². The zero-order chi connectivity index (χ0) is 15.7. The van der Waals surface area contributed by atoms with E-state index < -0.39 is 17.7 Å². The van der Waals surface area contributed by atoms with Crippen molar-refractivity contribution in [1.29, 1.82) is 0 Å². The normalized spacial score (nSPS) is 10.8. The van der Waals surface area contributed by atoms with Gasteiger partial charge in [0.2, 0.25) is 0 Å². The standard InChI is InChI=1S/C15H21NO5/c1-15(2,3)21-14(18)16-20-10-9-13(17)19-11-12-7-5-4-6-8-12/h4-8H,9-11H2,1-3H3,(H,16,18). The number of rotatable bonds is 6. The largest absolute Gasteiger partial charge is 0.461 e. The third kappa shape index (κ3) is 8.65.